The maximum atomic E-state index is 13.4. The zero-order valence-electron chi connectivity index (χ0n) is 18.3. The number of anilines is 2. The van der Waals surface area contributed by atoms with E-state index in [-0.39, 0.29) is 21.6 Å². The van der Waals surface area contributed by atoms with Gasteiger partial charge in [-0.25, -0.2) is 8.42 Å². The van der Waals surface area contributed by atoms with E-state index in [0.717, 1.165) is 13.1 Å². The maximum absolute atomic E-state index is 13.4. The predicted octanol–water partition coefficient (Wildman–Crippen LogP) is 2.03. The van der Waals surface area contributed by atoms with E-state index >= 15 is 0 Å². The molecular formula is C22H27ClN4O5S. The molecule has 0 bridgehead atoms. The first-order valence-electron chi connectivity index (χ1n) is 10.7. The Labute approximate surface area is 198 Å². The van der Waals surface area contributed by atoms with Crippen LogP contribution in [0.5, 0.6) is 5.75 Å². The number of benzene rings is 2. The third kappa shape index (κ3) is 5.35. The number of ether oxygens (including phenoxy) is 2. The maximum Gasteiger partial charge on any atom is 0.265 e. The second-order valence-corrected chi connectivity index (χ2v) is 9.86. The van der Waals surface area contributed by atoms with Gasteiger partial charge in [-0.05, 0) is 36.4 Å². The van der Waals surface area contributed by atoms with Crippen LogP contribution in [0.25, 0.3) is 0 Å². The highest BCUT2D eigenvalue weighted by molar-refractivity contribution is 7.92. The van der Waals surface area contributed by atoms with Gasteiger partial charge < -0.3 is 24.6 Å². The Bertz CT molecular complexity index is 1120. The number of rotatable bonds is 6. The highest BCUT2D eigenvalue weighted by atomic mass is 35.5. The van der Waals surface area contributed by atoms with Crippen molar-refractivity contribution in [1.82, 2.24) is 10.2 Å². The number of sulfonamides is 1. The molecule has 0 aliphatic carbocycles. The monoisotopic (exact) mass is 494 g/mol. The van der Waals surface area contributed by atoms with Crippen molar-refractivity contribution < 1.29 is 22.7 Å². The summed E-state index contributed by atoms with van der Waals surface area (Å²) in [6.07, 6.45) is 0. The molecular weight excluding hydrogens is 468 g/mol. The lowest BCUT2D eigenvalue weighted by Crippen LogP contribution is -2.44. The molecule has 2 aromatic rings. The third-order valence-electron chi connectivity index (χ3n) is 5.66. The Morgan fingerprint density at radius 3 is 2.52 bits per heavy atom. The standard InChI is InChI=1S/C22H27ClN4O5S/c1-31-20-5-3-17(23)15-21(20)33(29,30)25-18-14-16(22(28)27-10-12-32-13-11-27)2-4-19(18)26-8-6-24-7-9-26/h2-5,14-15,24-25H,6-13H2,1H3. The summed E-state index contributed by atoms with van der Waals surface area (Å²) in [6, 6.07) is 9.55. The molecule has 9 nitrogen and oxygen atoms in total. The largest absolute Gasteiger partial charge is 0.495 e. The smallest absolute Gasteiger partial charge is 0.265 e. The third-order valence-corrected chi connectivity index (χ3v) is 7.28. The molecule has 1 amide bonds. The molecule has 2 aromatic carbocycles. The zero-order chi connectivity index (χ0) is 23.4. The molecule has 2 aliphatic heterocycles. The van der Waals surface area contributed by atoms with Crippen LogP contribution in [0.1, 0.15) is 10.4 Å². The van der Waals surface area contributed by atoms with E-state index < -0.39 is 10.0 Å². The Kier molecular flexibility index (Phi) is 7.28. The van der Waals surface area contributed by atoms with Gasteiger partial charge in [0.25, 0.3) is 15.9 Å². The molecule has 33 heavy (non-hydrogen) atoms. The molecule has 4 rings (SSSR count). The lowest BCUT2D eigenvalue weighted by molar-refractivity contribution is 0.0303. The van der Waals surface area contributed by atoms with Crippen LogP contribution in [0.15, 0.2) is 41.3 Å². The Balaban J connectivity index is 1.72. The molecule has 178 valence electrons. The van der Waals surface area contributed by atoms with Crippen molar-refractivity contribution in [3.8, 4) is 5.75 Å². The Hall–Kier alpha value is -2.53. The normalized spacial score (nSPS) is 17.0. The van der Waals surface area contributed by atoms with Crippen LogP contribution in [0.4, 0.5) is 11.4 Å². The highest BCUT2D eigenvalue weighted by Crippen LogP contribution is 2.33. The summed E-state index contributed by atoms with van der Waals surface area (Å²) < 4.78 is 40.0. The van der Waals surface area contributed by atoms with Gasteiger partial charge in [-0.1, -0.05) is 11.6 Å². The van der Waals surface area contributed by atoms with Crippen LogP contribution < -0.4 is 19.7 Å². The fourth-order valence-electron chi connectivity index (χ4n) is 3.94. The first-order chi connectivity index (χ1) is 15.9. The number of methoxy groups -OCH3 is 1. The summed E-state index contributed by atoms with van der Waals surface area (Å²) >= 11 is 6.07. The lowest BCUT2D eigenvalue weighted by Gasteiger charge is -2.32. The Morgan fingerprint density at radius 1 is 1.09 bits per heavy atom. The van der Waals surface area contributed by atoms with Gasteiger partial charge in [-0.15, -0.1) is 0 Å². The Morgan fingerprint density at radius 2 is 1.82 bits per heavy atom. The van der Waals surface area contributed by atoms with E-state index in [1.807, 2.05) is 0 Å². The van der Waals surface area contributed by atoms with Crippen molar-refractivity contribution in [3.05, 3.63) is 47.0 Å². The summed E-state index contributed by atoms with van der Waals surface area (Å²) in [5, 5.41) is 3.56. The second-order valence-electron chi connectivity index (χ2n) is 7.77. The summed E-state index contributed by atoms with van der Waals surface area (Å²) in [6.45, 7) is 4.96. The number of morpholine rings is 1. The summed E-state index contributed by atoms with van der Waals surface area (Å²) in [4.78, 5) is 16.8. The number of hydrogen-bond donors (Lipinski definition) is 2. The summed E-state index contributed by atoms with van der Waals surface area (Å²) in [5.41, 5.74) is 1.45. The molecule has 0 spiro atoms. The minimum Gasteiger partial charge on any atom is -0.495 e. The van der Waals surface area contributed by atoms with E-state index in [9.17, 15) is 13.2 Å². The molecule has 11 heteroatoms. The van der Waals surface area contributed by atoms with Gasteiger partial charge in [0.05, 0.1) is 31.7 Å². The topological polar surface area (TPSA) is 100 Å². The number of hydrogen-bond acceptors (Lipinski definition) is 7. The average Bonchev–Trinajstić information content (AvgIpc) is 2.84. The van der Waals surface area contributed by atoms with E-state index in [2.05, 4.69) is 14.9 Å². The molecule has 2 saturated heterocycles. The van der Waals surface area contributed by atoms with Gasteiger partial charge in [-0.3, -0.25) is 9.52 Å². The van der Waals surface area contributed by atoms with Crippen molar-refractivity contribution >= 4 is 38.9 Å². The molecule has 2 aliphatic rings. The number of nitrogens with one attached hydrogen (secondary N) is 2. The van der Waals surface area contributed by atoms with E-state index in [0.29, 0.717) is 56.3 Å². The van der Waals surface area contributed by atoms with Gasteiger partial charge in [0.1, 0.15) is 10.6 Å². The minimum absolute atomic E-state index is 0.0753. The first-order valence-corrected chi connectivity index (χ1v) is 12.6. The van der Waals surface area contributed by atoms with Gasteiger partial charge in [-0.2, -0.15) is 0 Å². The zero-order valence-corrected chi connectivity index (χ0v) is 19.9. The lowest BCUT2D eigenvalue weighted by atomic mass is 10.1. The van der Waals surface area contributed by atoms with Crippen molar-refractivity contribution in [1.29, 1.82) is 0 Å². The van der Waals surface area contributed by atoms with E-state index in [1.54, 1.807) is 29.2 Å². The van der Waals surface area contributed by atoms with Crippen LogP contribution >= 0.6 is 11.6 Å². The van der Waals surface area contributed by atoms with Crippen molar-refractivity contribution in [2.45, 2.75) is 4.90 Å². The number of piperazine rings is 1. The molecule has 2 fully saturated rings. The van der Waals surface area contributed by atoms with Crippen LogP contribution in [-0.2, 0) is 14.8 Å². The molecule has 0 atom stereocenters. The first kappa shape index (κ1) is 23.6. The van der Waals surface area contributed by atoms with Crippen LogP contribution in [0, 0.1) is 0 Å². The van der Waals surface area contributed by atoms with E-state index in [1.165, 1.54) is 19.2 Å². The van der Waals surface area contributed by atoms with Crippen molar-refractivity contribution in [2.24, 2.45) is 0 Å². The fourth-order valence-corrected chi connectivity index (χ4v) is 5.44. The van der Waals surface area contributed by atoms with Gasteiger partial charge in [0.15, 0.2) is 0 Å². The number of amides is 1. The fraction of sp³-hybridized carbons (Fsp3) is 0.409. The van der Waals surface area contributed by atoms with Gasteiger partial charge in [0.2, 0.25) is 0 Å². The van der Waals surface area contributed by atoms with Gasteiger partial charge in [0, 0.05) is 49.9 Å². The quantitative estimate of drug-likeness (QED) is 0.633. The number of carbonyl (C=O) groups excluding carboxylic acids is 1. The molecule has 2 N–H and O–H groups in total. The summed E-state index contributed by atoms with van der Waals surface area (Å²) in [5.74, 6) is 0.0158. The molecule has 0 saturated carbocycles. The van der Waals surface area contributed by atoms with Crippen molar-refractivity contribution in [2.75, 3.05) is 69.2 Å². The SMILES string of the molecule is COc1ccc(Cl)cc1S(=O)(=O)Nc1cc(C(=O)N2CCOCC2)ccc1N1CCNCC1. The van der Waals surface area contributed by atoms with Crippen molar-refractivity contribution in [3.63, 3.8) is 0 Å². The average molecular weight is 495 g/mol. The van der Waals surface area contributed by atoms with E-state index in [4.69, 9.17) is 21.1 Å². The molecule has 0 aromatic heterocycles. The number of halogens is 1. The minimum atomic E-state index is -4.05. The van der Waals surface area contributed by atoms with Crippen LogP contribution in [-0.4, -0.2) is 78.8 Å². The highest BCUT2D eigenvalue weighted by Gasteiger charge is 2.25. The predicted molar refractivity (Wildman–Crippen MR) is 127 cm³/mol. The number of nitrogens with zero attached hydrogens (tertiary/aromatic N) is 2. The second kappa shape index (κ2) is 10.2. The van der Waals surface area contributed by atoms with Gasteiger partial charge >= 0.3 is 0 Å². The number of carbonyl (C=O) groups is 1. The summed E-state index contributed by atoms with van der Waals surface area (Å²) in [7, 11) is -2.65. The van der Waals surface area contributed by atoms with Crippen LogP contribution in [0.2, 0.25) is 5.02 Å². The molecule has 0 radical (unpaired) electrons. The van der Waals surface area contributed by atoms with Crippen LogP contribution in [0.3, 0.4) is 0 Å². The molecule has 0 unspecified atom stereocenters. The molecule has 2 heterocycles.